The highest BCUT2D eigenvalue weighted by Crippen LogP contribution is 2.36. The van der Waals surface area contributed by atoms with E-state index in [1.807, 2.05) is 13.8 Å². The van der Waals surface area contributed by atoms with Gasteiger partial charge in [0.1, 0.15) is 0 Å². The normalized spacial score (nSPS) is 10.3. The SMILES string of the molecule is Cc1c(N)ccc(C=O)c1-c1c(C=O)ccc(N)c1C. The van der Waals surface area contributed by atoms with Crippen LogP contribution >= 0.6 is 0 Å². The van der Waals surface area contributed by atoms with E-state index in [4.69, 9.17) is 11.5 Å². The summed E-state index contributed by atoms with van der Waals surface area (Å²) in [6.45, 7) is 3.66. The Morgan fingerprint density at radius 1 is 0.750 bits per heavy atom. The van der Waals surface area contributed by atoms with Crippen LogP contribution in [0.15, 0.2) is 24.3 Å². The zero-order valence-electron chi connectivity index (χ0n) is 11.4. The van der Waals surface area contributed by atoms with Crippen LogP contribution in [0.5, 0.6) is 0 Å². The van der Waals surface area contributed by atoms with Gasteiger partial charge in [-0.3, -0.25) is 9.59 Å². The highest BCUT2D eigenvalue weighted by molar-refractivity contribution is 5.99. The number of hydrogen-bond acceptors (Lipinski definition) is 4. The van der Waals surface area contributed by atoms with Gasteiger partial charge in [-0.25, -0.2) is 0 Å². The second-order valence-corrected chi connectivity index (χ2v) is 4.72. The number of aldehydes is 2. The number of nitrogen functional groups attached to an aromatic ring is 2. The molecule has 4 nitrogen and oxygen atoms in total. The Morgan fingerprint density at radius 3 is 1.40 bits per heavy atom. The van der Waals surface area contributed by atoms with E-state index >= 15 is 0 Å². The second-order valence-electron chi connectivity index (χ2n) is 4.72. The Kier molecular flexibility index (Phi) is 3.57. The van der Waals surface area contributed by atoms with Crippen LogP contribution in [0, 0.1) is 13.8 Å². The average molecular weight is 268 g/mol. The van der Waals surface area contributed by atoms with Crippen LogP contribution in [0.3, 0.4) is 0 Å². The van der Waals surface area contributed by atoms with Crippen LogP contribution in [0.2, 0.25) is 0 Å². The van der Waals surface area contributed by atoms with Crippen molar-refractivity contribution in [3.8, 4) is 11.1 Å². The lowest BCUT2D eigenvalue weighted by atomic mass is 9.88. The van der Waals surface area contributed by atoms with Crippen molar-refractivity contribution in [3.05, 3.63) is 46.5 Å². The monoisotopic (exact) mass is 268 g/mol. The summed E-state index contributed by atoms with van der Waals surface area (Å²) >= 11 is 0. The quantitative estimate of drug-likeness (QED) is 0.662. The molecule has 0 saturated carbocycles. The minimum absolute atomic E-state index is 0.494. The van der Waals surface area contributed by atoms with Crippen molar-refractivity contribution in [2.24, 2.45) is 0 Å². The number of carbonyl (C=O) groups excluding carboxylic acids is 2. The highest BCUT2D eigenvalue weighted by atomic mass is 16.1. The molecule has 0 unspecified atom stereocenters. The topological polar surface area (TPSA) is 86.2 Å². The number of nitrogens with two attached hydrogens (primary N) is 2. The van der Waals surface area contributed by atoms with Crippen molar-refractivity contribution in [1.29, 1.82) is 0 Å². The van der Waals surface area contributed by atoms with Crippen LogP contribution in [0.1, 0.15) is 31.8 Å². The average Bonchev–Trinajstić information content (AvgIpc) is 2.45. The number of benzene rings is 2. The fraction of sp³-hybridized carbons (Fsp3) is 0.125. The third-order valence-corrected chi connectivity index (χ3v) is 3.58. The Labute approximate surface area is 117 Å². The van der Waals surface area contributed by atoms with Gasteiger partial charge in [-0.15, -0.1) is 0 Å². The largest absolute Gasteiger partial charge is 0.398 e. The lowest BCUT2D eigenvalue weighted by Crippen LogP contribution is -2.03. The molecule has 0 saturated heterocycles. The standard InChI is InChI=1S/C16H16N2O2/c1-9-13(17)5-3-11(7-19)15(9)16-10(2)14(18)6-4-12(16)8-20/h3-8H,17-18H2,1-2H3. The maximum Gasteiger partial charge on any atom is 0.150 e. The molecule has 0 aliphatic heterocycles. The zero-order chi connectivity index (χ0) is 14.9. The fourth-order valence-electron chi connectivity index (χ4n) is 2.36. The number of carbonyl (C=O) groups is 2. The molecule has 4 heteroatoms. The maximum atomic E-state index is 11.3. The Bertz CT molecular complexity index is 645. The summed E-state index contributed by atoms with van der Waals surface area (Å²) < 4.78 is 0. The summed E-state index contributed by atoms with van der Waals surface area (Å²) in [5.41, 5.74) is 16.9. The van der Waals surface area contributed by atoms with Crippen molar-refractivity contribution in [2.75, 3.05) is 11.5 Å². The van der Waals surface area contributed by atoms with Gasteiger partial charge in [0.25, 0.3) is 0 Å². The molecule has 0 fully saturated rings. The van der Waals surface area contributed by atoms with Gasteiger partial charge in [-0.05, 0) is 60.4 Å². The smallest absolute Gasteiger partial charge is 0.150 e. The van der Waals surface area contributed by atoms with Crippen LogP contribution in [0.25, 0.3) is 11.1 Å². The van der Waals surface area contributed by atoms with Crippen LogP contribution in [0.4, 0.5) is 11.4 Å². The highest BCUT2D eigenvalue weighted by Gasteiger charge is 2.17. The van der Waals surface area contributed by atoms with Crippen LogP contribution < -0.4 is 11.5 Å². The van der Waals surface area contributed by atoms with E-state index in [1.54, 1.807) is 24.3 Å². The predicted octanol–water partition coefficient (Wildman–Crippen LogP) is 2.76. The van der Waals surface area contributed by atoms with E-state index < -0.39 is 0 Å². The van der Waals surface area contributed by atoms with Crippen molar-refractivity contribution in [3.63, 3.8) is 0 Å². The summed E-state index contributed by atoms with van der Waals surface area (Å²) in [5, 5.41) is 0. The number of anilines is 2. The number of hydrogen-bond donors (Lipinski definition) is 2. The third kappa shape index (κ3) is 2.05. The van der Waals surface area contributed by atoms with E-state index in [0.717, 1.165) is 23.7 Å². The molecular formula is C16H16N2O2. The van der Waals surface area contributed by atoms with Gasteiger partial charge in [0.15, 0.2) is 12.6 Å². The van der Waals surface area contributed by atoms with Crippen molar-refractivity contribution >= 4 is 23.9 Å². The minimum Gasteiger partial charge on any atom is -0.398 e. The van der Waals surface area contributed by atoms with Gasteiger partial charge in [-0.2, -0.15) is 0 Å². The molecule has 0 aliphatic rings. The molecule has 0 atom stereocenters. The van der Waals surface area contributed by atoms with Gasteiger partial charge in [0.05, 0.1) is 0 Å². The van der Waals surface area contributed by atoms with Crippen LogP contribution in [-0.4, -0.2) is 12.6 Å². The first-order chi connectivity index (χ1) is 9.51. The lowest BCUT2D eigenvalue weighted by Gasteiger charge is -2.17. The van der Waals surface area contributed by atoms with Crippen molar-refractivity contribution in [1.82, 2.24) is 0 Å². The van der Waals surface area contributed by atoms with Crippen molar-refractivity contribution < 1.29 is 9.59 Å². The molecule has 0 bridgehead atoms. The fourth-order valence-corrected chi connectivity index (χ4v) is 2.36. The van der Waals surface area contributed by atoms with Gasteiger partial charge >= 0.3 is 0 Å². The molecule has 0 spiro atoms. The molecule has 2 aromatic rings. The molecular weight excluding hydrogens is 252 g/mol. The van der Waals surface area contributed by atoms with E-state index in [1.165, 1.54) is 0 Å². The van der Waals surface area contributed by atoms with Gasteiger partial charge in [-0.1, -0.05) is 0 Å². The summed E-state index contributed by atoms with van der Waals surface area (Å²) in [6.07, 6.45) is 1.53. The summed E-state index contributed by atoms with van der Waals surface area (Å²) in [7, 11) is 0. The molecule has 102 valence electrons. The Morgan fingerprint density at radius 2 is 1.10 bits per heavy atom. The minimum atomic E-state index is 0.494. The Hall–Kier alpha value is -2.62. The summed E-state index contributed by atoms with van der Waals surface area (Å²) in [5.74, 6) is 0. The zero-order valence-corrected chi connectivity index (χ0v) is 11.4. The van der Waals surface area contributed by atoms with Gasteiger partial charge in [0, 0.05) is 22.5 Å². The molecule has 0 amide bonds. The molecule has 0 radical (unpaired) electrons. The van der Waals surface area contributed by atoms with Crippen LogP contribution in [-0.2, 0) is 0 Å². The molecule has 4 N–H and O–H groups in total. The first-order valence-electron chi connectivity index (χ1n) is 6.20. The van der Waals surface area contributed by atoms with E-state index in [-0.39, 0.29) is 0 Å². The lowest BCUT2D eigenvalue weighted by molar-refractivity contribution is 0.111. The molecule has 0 heterocycles. The predicted molar refractivity (Wildman–Crippen MR) is 81.0 cm³/mol. The summed E-state index contributed by atoms with van der Waals surface area (Å²) in [6, 6.07) is 6.68. The molecule has 2 rings (SSSR count). The molecule has 0 aromatic heterocycles. The maximum absolute atomic E-state index is 11.3. The first-order valence-corrected chi connectivity index (χ1v) is 6.20. The van der Waals surface area contributed by atoms with E-state index in [9.17, 15) is 9.59 Å². The molecule has 2 aromatic carbocycles. The molecule has 20 heavy (non-hydrogen) atoms. The van der Waals surface area contributed by atoms with Gasteiger partial charge < -0.3 is 11.5 Å². The number of rotatable bonds is 3. The Balaban J connectivity index is 2.94. The summed E-state index contributed by atoms with van der Waals surface area (Å²) in [4.78, 5) is 22.6. The van der Waals surface area contributed by atoms with Crippen molar-refractivity contribution in [2.45, 2.75) is 13.8 Å². The molecule has 0 aliphatic carbocycles. The second kappa shape index (κ2) is 5.17. The van der Waals surface area contributed by atoms with Gasteiger partial charge in [0.2, 0.25) is 0 Å². The first kappa shape index (κ1) is 13.8. The third-order valence-electron chi connectivity index (χ3n) is 3.58. The van der Waals surface area contributed by atoms with E-state index in [0.29, 0.717) is 33.6 Å². The van der Waals surface area contributed by atoms with E-state index in [2.05, 4.69) is 0 Å².